The number of carbonyl (C=O) groups is 1. The summed E-state index contributed by atoms with van der Waals surface area (Å²) in [7, 11) is 3.92. The summed E-state index contributed by atoms with van der Waals surface area (Å²) in [5, 5.41) is 6.91. The van der Waals surface area contributed by atoms with Gasteiger partial charge < -0.3 is 20.3 Å². The summed E-state index contributed by atoms with van der Waals surface area (Å²) in [4.78, 5) is 22.7. The summed E-state index contributed by atoms with van der Waals surface area (Å²) < 4.78 is 5.26. The van der Waals surface area contributed by atoms with Crippen LogP contribution in [0.25, 0.3) is 0 Å². The number of halogens is 1. The lowest BCUT2D eigenvalue weighted by molar-refractivity contribution is 0.136. The number of anilines is 2. The van der Waals surface area contributed by atoms with Crippen molar-refractivity contribution in [1.29, 1.82) is 0 Å². The molecule has 1 aromatic heterocycles. The van der Waals surface area contributed by atoms with Crippen LogP contribution in [0.3, 0.4) is 0 Å². The number of hydrogen-bond acceptors (Lipinski definition) is 6. The Hall–Kier alpha value is -2.54. The van der Waals surface area contributed by atoms with Crippen LogP contribution in [0, 0.1) is 5.92 Å². The van der Waals surface area contributed by atoms with Gasteiger partial charge in [0.25, 0.3) is 0 Å². The van der Waals surface area contributed by atoms with E-state index in [2.05, 4.69) is 20.6 Å². The van der Waals surface area contributed by atoms with Crippen molar-refractivity contribution in [3.8, 4) is 0 Å². The molecule has 156 valence electrons. The van der Waals surface area contributed by atoms with Crippen LogP contribution in [0.1, 0.15) is 31.2 Å². The van der Waals surface area contributed by atoms with Crippen molar-refractivity contribution in [3.05, 3.63) is 47.1 Å². The lowest BCUT2D eigenvalue weighted by Crippen LogP contribution is -2.34. The topological polar surface area (TPSA) is 79.4 Å². The molecule has 0 aliphatic heterocycles. The Morgan fingerprint density at radius 2 is 1.97 bits per heavy atom. The van der Waals surface area contributed by atoms with Gasteiger partial charge in [-0.1, -0.05) is 29.8 Å². The van der Waals surface area contributed by atoms with Crippen LogP contribution < -0.4 is 15.5 Å². The van der Waals surface area contributed by atoms with Gasteiger partial charge in [0, 0.05) is 43.5 Å². The monoisotopic (exact) mass is 417 g/mol. The Morgan fingerprint density at radius 3 is 2.69 bits per heavy atom. The van der Waals surface area contributed by atoms with E-state index in [4.69, 9.17) is 16.3 Å². The van der Waals surface area contributed by atoms with Crippen LogP contribution in [-0.4, -0.2) is 42.7 Å². The SMILES string of the molecule is CN(C)c1ccnc(NC2CCC(CNC(=O)OCc3ccccc3Cl)CC2)n1. The molecule has 8 heteroatoms. The fraction of sp³-hybridized carbons (Fsp3) is 0.476. The summed E-state index contributed by atoms with van der Waals surface area (Å²) >= 11 is 6.07. The zero-order valence-corrected chi connectivity index (χ0v) is 17.7. The molecule has 0 saturated heterocycles. The standard InChI is InChI=1S/C21H28ClN5O2/c1-27(2)19-11-12-23-20(26-19)25-17-9-7-15(8-10-17)13-24-21(28)29-14-16-5-3-4-6-18(16)22/h3-6,11-12,15,17H,7-10,13-14H2,1-2H3,(H,24,28)(H,23,25,26). The molecule has 1 aliphatic carbocycles. The van der Waals surface area contributed by atoms with Crippen molar-refractivity contribution < 1.29 is 9.53 Å². The molecule has 2 N–H and O–H groups in total. The van der Waals surface area contributed by atoms with E-state index in [1.165, 1.54) is 0 Å². The number of aromatic nitrogens is 2. The molecule has 1 fully saturated rings. The molecule has 0 bridgehead atoms. The molecule has 3 rings (SSSR count). The number of ether oxygens (including phenoxy) is 1. The predicted octanol–water partition coefficient (Wildman–Crippen LogP) is 4.09. The molecule has 0 atom stereocenters. The van der Waals surface area contributed by atoms with E-state index in [9.17, 15) is 4.79 Å². The summed E-state index contributed by atoms with van der Waals surface area (Å²) in [5.74, 6) is 2.01. The molecule has 29 heavy (non-hydrogen) atoms. The average Bonchev–Trinajstić information content (AvgIpc) is 2.73. The van der Waals surface area contributed by atoms with Crippen molar-refractivity contribution in [2.45, 2.75) is 38.3 Å². The second kappa shape index (κ2) is 10.3. The highest BCUT2D eigenvalue weighted by Gasteiger charge is 2.22. The maximum atomic E-state index is 12.0. The molecule has 0 radical (unpaired) electrons. The van der Waals surface area contributed by atoms with Gasteiger partial charge in [0.05, 0.1) is 0 Å². The molecule has 1 aromatic carbocycles. The summed E-state index contributed by atoms with van der Waals surface area (Å²) in [6.45, 7) is 0.800. The fourth-order valence-corrected chi connectivity index (χ4v) is 3.59. The Morgan fingerprint density at radius 1 is 1.21 bits per heavy atom. The van der Waals surface area contributed by atoms with Crippen LogP contribution >= 0.6 is 11.6 Å². The molecular formula is C21H28ClN5O2. The Balaban J connectivity index is 1.36. The normalized spacial score (nSPS) is 18.7. The van der Waals surface area contributed by atoms with Crippen LogP contribution in [0.15, 0.2) is 36.5 Å². The molecule has 0 spiro atoms. The van der Waals surface area contributed by atoms with E-state index in [0.29, 0.717) is 29.5 Å². The van der Waals surface area contributed by atoms with Gasteiger partial charge in [-0.05, 0) is 43.7 Å². The molecule has 0 unspecified atom stereocenters. The minimum atomic E-state index is -0.404. The number of amides is 1. The molecule has 1 amide bonds. The van der Waals surface area contributed by atoms with Crippen molar-refractivity contribution >= 4 is 29.5 Å². The number of alkyl carbamates (subject to hydrolysis) is 1. The number of nitrogens with one attached hydrogen (secondary N) is 2. The van der Waals surface area contributed by atoms with Gasteiger partial charge in [-0.15, -0.1) is 0 Å². The van der Waals surface area contributed by atoms with E-state index >= 15 is 0 Å². The van der Waals surface area contributed by atoms with Crippen LogP contribution in [-0.2, 0) is 11.3 Å². The van der Waals surface area contributed by atoms with E-state index in [1.807, 2.05) is 43.3 Å². The third kappa shape index (κ3) is 6.49. The number of rotatable bonds is 7. The minimum Gasteiger partial charge on any atom is -0.445 e. The van der Waals surface area contributed by atoms with Crippen molar-refractivity contribution in [3.63, 3.8) is 0 Å². The second-order valence-electron chi connectivity index (χ2n) is 7.54. The maximum absolute atomic E-state index is 12.0. The lowest BCUT2D eigenvalue weighted by atomic mass is 9.86. The highest BCUT2D eigenvalue weighted by molar-refractivity contribution is 6.31. The molecule has 1 saturated carbocycles. The van der Waals surface area contributed by atoms with Gasteiger partial charge in [-0.2, -0.15) is 4.98 Å². The summed E-state index contributed by atoms with van der Waals surface area (Å²) in [6.07, 6.45) is 5.49. The van der Waals surface area contributed by atoms with E-state index < -0.39 is 6.09 Å². The zero-order chi connectivity index (χ0) is 20.6. The van der Waals surface area contributed by atoms with Crippen molar-refractivity contribution in [1.82, 2.24) is 15.3 Å². The van der Waals surface area contributed by atoms with Gasteiger partial charge in [-0.3, -0.25) is 0 Å². The lowest BCUT2D eigenvalue weighted by Gasteiger charge is -2.29. The maximum Gasteiger partial charge on any atom is 0.407 e. The average molecular weight is 418 g/mol. The third-order valence-corrected chi connectivity index (χ3v) is 5.50. The Bertz CT molecular complexity index is 809. The first-order valence-electron chi connectivity index (χ1n) is 9.92. The summed E-state index contributed by atoms with van der Waals surface area (Å²) in [5.41, 5.74) is 0.802. The van der Waals surface area contributed by atoms with Gasteiger partial charge in [0.15, 0.2) is 0 Å². The molecule has 7 nitrogen and oxygen atoms in total. The Kier molecular flexibility index (Phi) is 7.52. The third-order valence-electron chi connectivity index (χ3n) is 5.13. The highest BCUT2D eigenvalue weighted by Crippen LogP contribution is 2.26. The number of benzene rings is 1. The molecule has 1 heterocycles. The van der Waals surface area contributed by atoms with Gasteiger partial charge in [0.1, 0.15) is 12.4 Å². The zero-order valence-electron chi connectivity index (χ0n) is 16.9. The van der Waals surface area contributed by atoms with E-state index in [0.717, 1.165) is 37.1 Å². The van der Waals surface area contributed by atoms with Gasteiger partial charge in [0.2, 0.25) is 5.95 Å². The molecular weight excluding hydrogens is 390 g/mol. The number of hydrogen-bond donors (Lipinski definition) is 2. The smallest absolute Gasteiger partial charge is 0.407 e. The van der Waals surface area contributed by atoms with Crippen LogP contribution in [0.2, 0.25) is 5.02 Å². The Labute approximate surface area is 176 Å². The minimum absolute atomic E-state index is 0.175. The number of nitrogens with zero attached hydrogens (tertiary/aromatic N) is 3. The molecule has 2 aromatic rings. The second-order valence-corrected chi connectivity index (χ2v) is 7.95. The van der Waals surface area contributed by atoms with E-state index in [-0.39, 0.29) is 6.61 Å². The number of carbonyl (C=O) groups excluding carboxylic acids is 1. The van der Waals surface area contributed by atoms with Gasteiger partial charge in [-0.25, -0.2) is 9.78 Å². The van der Waals surface area contributed by atoms with E-state index in [1.54, 1.807) is 12.3 Å². The van der Waals surface area contributed by atoms with Gasteiger partial charge >= 0.3 is 6.09 Å². The molecule has 1 aliphatic rings. The van der Waals surface area contributed by atoms with Crippen molar-refractivity contribution in [2.24, 2.45) is 5.92 Å². The van der Waals surface area contributed by atoms with Crippen molar-refractivity contribution in [2.75, 3.05) is 30.9 Å². The quantitative estimate of drug-likeness (QED) is 0.706. The largest absolute Gasteiger partial charge is 0.445 e. The fourth-order valence-electron chi connectivity index (χ4n) is 3.40. The van der Waals surface area contributed by atoms with Crippen LogP contribution in [0.5, 0.6) is 0 Å². The summed E-state index contributed by atoms with van der Waals surface area (Å²) in [6, 6.07) is 9.60. The first kappa shape index (κ1) is 21.2. The highest BCUT2D eigenvalue weighted by atomic mass is 35.5. The van der Waals surface area contributed by atoms with Crippen LogP contribution in [0.4, 0.5) is 16.6 Å². The predicted molar refractivity (Wildman–Crippen MR) is 115 cm³/mol. The first-order chi connectivity index (χ1) is 14.0. The first-order valence-corrected chi connectivity index (χ1v) is 10.3.